The van der Waals surface area contributed by atoms with E-state index in [4.69, 9.17) is 21.1 Å². The van der Waals surface area contributed by atoms with Gasteiger partial charge in [-0.15, -0.1) is 0 Å². The largest absolute Gasteiger partial charge is 0.493 e. The zero-order valence-corrected chi connectivity index (χ0v) is 17.8. The normalized spacial score (nSPS) is 11.1. The molecule has 3 rings (SSSR count). The van der Waals surface area contributed by atoms with Gasteiger partial charge in [-0.05, 0) is 47.5 Å². The van der Waals surface area contributed by atoms with E-state index in [0.29, 0.717) is 33.2 Å². The van der Waals surface area contributed by atoms with Crippen molar-refractivity contribution in [2.24, 2.45) is 0 Å². The zero-order chi connectivity index (χ0) is 20.8. The molecule has 0 radical (unpaired) electrons. The fourth-order valence-electron chi connectivity index (χ4n) is 2.68. The van der Waals surface area contributed by atoms with Gasteiger partial charge in [0.15, 0.2) is 11.5 Å². The number of halogens is 3. The van der Waals surface area contributed by atoms with E-state index < -0.39 is 5.82 Å². The molecule has 0 N–H and O–H groups in total. The van der Waals surface area contributed by atoms with Gasteiger partial charge < -0.3 is 9.47 Å². The van der Waals surface area contributed by atoms with E-state index in [1.54, 1.807) is 48.5 Å². The topological polar surface area (TPSA) is 42.2 Å². The van der Waals surface area contributed by atoms with Crippen molar-refractivity contribution >= 4 is 39.2 Å². The highest BCUT2D eigenvalue weighted by atomic mass is 79.9. The Kier molecular flexibility index (Phi) is 6.92. The maximum Gasteiger partial charge on any atom is 0.162 e. The summed E-state index contributed by atoms with van der Waals surface area (Å²) >= 11 is 9.40. The lowest BCUT2D eigenvalue weighted by atomic mass is 10.0. The molecule has 0 aliphatic heterocycles. The van der Waals surface area contributed by atoms with Gasteiger partial charge in [-0.25, -0.2) is 4.39 Å². The van der Waals surface area contributed by atoms with Gasteiger partial charge in [0, 0.05) is 15.1 Å². The molecule has 0 aromatic heterocycles. The van der Waals surface area contributed by atoms with Crippen molar-refractivity contribution in [1.82, 2.24) is 0 Å². The molecular formula is C23H16BrClFNO2. The summed E-state index contributed by atoms with van der Waals surface area (Å²) < 4.78 is 26.1. The minimum Gasteiger partial charge on any atom is -0.493 e. The Hall–Kier alpha value is -2.81. The number of methoxy groups -OCH3 is 1. The minimum absolute atomic E-state index is 0.209. The fraction of sp³-hybridized carbons (Fsp3) is 0.0870. The van der Waals surface area contributed by atoms with E-state index in [0.717, 1.165) is 5.56 Å². The number of nitrogens with zero attached hydrogens (tertiary/aromatic N) is 1. The van der Waals surface area contributed by atoms with Crippen LogP contribution >= 0.6 is 27.5 Å². The van der Waals surface area contributed by atoms with Gasteiger partial charge >= 0.3 is 0 Å². The summed E-state index contributed by atoms with van der Waals surface area (Å²) in [6.45, 7) is 0.341. The molecule has 0 amide bonds. The Morgan fingerprint density at radius 1 is 1.14 bits per heavy atom. The first-order valence-electron chi connectivity index (χ1n) is 8.63. The molecule has 3 aromatic rings. The Bertz CT molecular complexity index is 1090. The van der Waals surface area contributed by atoms with Crippen LogP contribution in [-0.2, 0) is 6.61 Å². The highest BCUT2D eigenvalue weighted by Gasteiger charge is 2.12. The first-order chi connectivity index (χ1) is 14.0. The predicted molar refractivity (Wildman–Crippen MR) is 116 cm³/mol. The summed E-state index contributed by atoms with van der Waals surface area (Å²) in [6, 6.07) is 19.1. The molecule has 6 heteroatoms. The van der Waals surface area contributed by atoms with Gasteiger partial charge in [-0.1, -0.05) is 57.9 Å². The van der Waals surface area contributed by atoms with E-state index >= 15 is 0 Å². The van der Waals surface area contributed by atoms with Gasteiger partial charge in [0.05, 0.1) is 18.8 Å². The number of hydrogen-bond acceptors (Lipinski definition) is 3. The molecule has 0 bridgehead atoms. The highest BCUT2D eigenvalue weighted by molar-refractivity contribution is 9.10. The summed E-state index contributed by atoms with van der Waals surface area (Å²) in [5.41, 5.74) is 2.08. The number of hydrogen-bond donors (Lipinski definition) is 0. The SMILES string of the molecule is COc1cc(/C=C(/C#N)c2ccccc2F)c(Br)cc1OCc1ccc(Cl)cc1. The summed E-state index contributed by atoms with van der Waals surface area (Å²) in [5.74, 6) is 0.585. The zero-order valence-electron chi connectivity index (χ0n) is 15.5. The lowest BCUT2D eigenvalue weighted by molar-refractivity contribution is 0.284. The number of rotatable bonds is 6. The first-order valence-corrected chi connectivity index (χ1v) is 9.80. The van der Waals surface area contributed by atoms with Gasteiger partial charge in [0.1, 0.15) is 12.4 Å². The van der Waals surface area contributed by atoms with E-state index in [1.165, 1.54) is 13.2 Å². The Morgan fingerprint density at radius 3 is 2.52 bits per heavy atom. The van der Waals surface area contributed by atoms with Crippen molar-refractivity contribution in [3.8, 4) is 17.6 Å². The Labute approximate surface area is 182 Å². The van der Waals surface area contributed by atoms with E-state index in [-0.39, 0.29) is 11.1 Å². The molecule has 0 fully saturated rings. The van der Waals surface area contributed by atoms with E-state index in [9.17, 15) is 9.65 Å². The first kappa shape index (κ1) is 20.9. The fourth-order valence-corrected chi connectivity index (χ4v) is 3.24. The molecular weight excluding hydrogens is 457 g/mol. The molecule has 0 atom stereocenters. The van der Waals surface area contributed by atoms with Gasteiger partial charge in [0.25, 0.3) is 0 Å². The number of allylic oxidation sites excluding steroid dienone is 1. The molecule has 0 spiro atoms. The van der Waals surface area contributed by atoms with Crippen LogP contribution in [-0.4, -0.2) is 7.11 Å². The minimum atomic E-state index is -0.452. The maximum absolute atomic E-state index is 14.1. The average molecular weight is 473 g/mol. The molecule has 0 aliphatic rings. The van der Waals surface area contributed by atoms with E-state index in [2.05, 4.69) is 22.0 Å². The van der Waals surface area contributed by atoms with Gasteiger partial charge in [0.2, 0.25) is 0 Å². The average Bonchev–Trinajstić information content (AvgIpc) is 2.73. The molecule has 0 unspecified atom stereocenters. The third-order valence-electron chi connectivity index (χ3n) is 4.17. The third-order valence-corrected chi connectivity index (χ3v) is 5.11. The maximum atomic E-state index is 14.1. The second kappa shape index (κ2) is 9.60. The lowest BCUT2D eigenvalue weighted by Crippen LogP contribution is -1.98. The highest BCUT2D eigenvalue weighted by Crippen LogP contribution is 2.36. The van der Waals surface area contributed by atoms with Crippen LogP contribution in [0.15, 0.2) is 65.1 Å². The van der Waals surface area contributed by atoms with Crippen LogP contribution < -0.4 is 9.47 Å². The molecule has 0 saturated heterocycles. The van der Waals surface area contributed by atoms with Crippen molar-refractivity contribution in [2.45, 2.75) is 6.61 Å². The summed E-state index contributed by atoms with van der Waals surface area (Å²) in [4.78, 5) is 0. The summed E-state index contributed by atoms with van der Waals surface area (Å²) in [6.07, 6.45) is 1.61. The number of benzene rings is 3. The van der Waals surface area contributed by atoms with Crippen LogP contribution in [0.2, 0.25) is 5.02 Å². The number of nitriles is 1. The Morgan fingerprint density at radius 2 is 1.86 bits per heavy atom. The van der Waals surface area contributed by atoms with Gasteiger partial charge in [-0.3, -0.25) is 0 Å². The van der Waals surface area contributed by atoms with Gasteiger partial charge in [-0.2, -0.15) is 5.26 Å². The molecule has 0 aliphatic carbocycles. The predicted octanol–water partition coefficient (Wildman–Crippen LogP) is 6.89. The van der Waals surface area contributed by atoms with Crippen LogP contribution in [0.5, 0.6) is 11.5 Å². The molecule has 29 heavy (non-hydrogen) atoms. The number of ether oxygens (including phenoxy) is 2. The van der Waals surface area contributed by atoms with Crippen LogP contribution in [0.3, 0.4) is 0 Å². The smallest absolute Gasteiger partial charge is 0.162 e. The third kappa shape index (κ3) is 5.17. The van der Waals surface area contributed by atoms with Crippen molar-refractivity contribution in [3.63, 3.8) is 0 Å². The quantitative estimate of drug-likeness (QED) is 0.290. The molecule has 0 saturated carbocycles. The summed E-state index contributed by atoms with van der Waals surface area (Å²) in [7, 11) is 1.54. The second-order valence-corrected chi connectivity index (χ2v) is 7.38. The molecule has 0 heterocycles. The van der Waals surface area contributed by atoms with Crippen molar-refractivity contribution < 1.29 is 13.9 Å². The standard InChI is InChI=1S/C23H16BrClFNO2/c1-28-22-11-16(10-17(13-27)19-4-2-3-5-21(19)26)20(24)12-23(22)29-14-15-6-8-18(25)9-7-15/h2-12H,14H2,1H3/b17-10-. The van der Waals surface area contributed by atoms with Crippen molar-refractivity contribution in [3.05, 3.63) is 92.7 Å². The monoisotopic (exact) mass is 471 g/mol. The van der Waals surface area contributed by atoms with E-state index in [1.807, 2.05) is 12.1 Å². The van der Waals surface area contributed by atoms with Crippen LogP contribution in [0.1, 0.15) is 16.7 Å². The molecule has 3 aromatic carbocycles. The van der Waals surface area contributed by atoms with Crippen molar-refractivity contribution in [1.29, 1.82) is 5.26 Å². The lowest BCUT2D eigenvalue weighted by Gasteiger charge is -2.13. The van der Waals surface area contributed by atoms with Crippen LogP contribution in [0, 0.1) is 17.1 Å². The second-order valence-electron chi connectivity index (χ2n) is 6.09. The molecule has 3 nitrogen and oxygen atoms in total. The molecule has 146 valence electrons. The van der Waals surface area contributed by atoms with Crippen molar-refractivity contribution in [2.75, 3.05) is 7.11 Å². The van der Waals surface area contributed by atoms with Crippen LogP contribution in [0.25, 0.3) is 11.6 Å². The Balaban J connectivity index is 1.90. The summed E-state index contributed by atoms with van der Waals surface area (Å²) in [5, 5.41) is 10.2. The van der Waals surface area contributed by atoms with Crippen LogP contribution in [0.4, 0.5) is 4.39 Å².